The van der Waals surface area contributed by atoms with Crippen LogP contribution in [0.2, 0.25) is 0 Å². The Morgan fingerprint density at radius 3 is 2.52 bits per heavy atom. The number of nitro benzene ring substituents is 1. The Labute approximate surface area is 133 Å². The predicted molar refractivity (Wildman–Crippen MR) is 86.2 cm³/mol. The van der Waals surface area contributed by atoms with Gasteiger partial charge < -0.3 is 0 Å². The largest absolute Gasteiger partial charge is 0.294 e. The summed E-state index contributed by atoms with van der Waals surface area (Å²) in [5.41, 5.74) is 1.98. The van der Waals surface area contributed by atoms with Crippen molar-refractivity contribution in [1.29, 1.82) is 0 Å². The van der Waals surface area contributed by atoms with E-state index < -0.39 is 4.92 Å². The summed E-state index contributed by atoms with van der Waals surface area (Å²) < 4.78 is 2.55. The Hall–Kier alpha value is -2.29. The van der Waals surface area contributed by atoms with Crippen LogP contribution in [0.1, 0.15) is 0 Å². The average Bonchev–Trinajstić information content (AvgIpc) is 2.97. The highest BCUT2D eigenvalue weighted by atomic mass is 127. The van der Waals surface area contributed by atoms with E-state index in [2.05, 4.69) is 32.9 Å². The topological polar surface area (TPSA) is 73.8 Å². The molecule has 1 aromatic heterocycles. The fraction of sp³-hybridized carbons (Fsp3) is 0. The Morgan fingerprint density at radius 2 is 1.81 bits per heavy atom. The van der Waals surface area contributed by atoms with Crippen LogP contribution < -0.4 is 0 Å². The van der Waals surface area contributed by atoms with Crippen molar-refractivity contribution in [3.8, 4) is 16.9 Å². The molecule has 3 rings (SSSR count). The summed E-state index contributed by atoms with van der Waals surface area (Å²) in [4.78, 5) is 10.6. The van der Waals surface area contributed by atoms with Gasteiger partial charge in [-0.1, -0.05) is 29.5 Å². The Bertz CT molecular complexity index is 799. The number of aromatic nitrogens is 3. The molecule has 0 spiro atoms. The first-order valence-electron chi connectivity index (χ1n) is 6.07. The van der Waals surface area contributed by atoms with E-state index in [0.717, 1.165) is 9.13 Å². The highest BCUT2D eigenvalue weighted by molar-refractivity contribution is 14.1. The van der Waals surface area contributed by atoms with Gasteiger partial charge >= 0.3 is 0 Å². The van der Waals surface area contributed by atoms with Gasteiger partial charge in [-0.25, -0.2) is 4.68 Å². The van der Waals surface area contributed by atoms with Crippen LogP contribution in [-0.4, -0.2) is 19.9 Å². The van der Waals surface area contributed by atoms with Gasteiger partial charge in [0.15, 0.2) is 0 Å². The first kappa shape index (κ1) is 13.7. The maximum atomic E-state index is 11.1. The normalized spacial score (nSPS) is 10.5. The fourth-order valence-corrected chi connectivity index (χ4v) is 2.31. The Balaban J connectivity index is 2.03. The van der Waals surface area contributed by atoms with Crippen LogP contribution in [0.5, 0.6) is 0 Å². The number of rotatable bonds is 3. The lowest BCUT2D eigenvalue weighted by Gasteiger charge is -2.00. The van der Waals surface area contributed by atoms with E-state index in [1.165, 1.54) is 10.7 Å². The molecule has 0 aliphatic carbocycles. The van der Waals surface area contributed by atoms with Gasteiger partial charge in [0.1, 0.15) is 11.4 Å². The number of hydrogen-bond acceptors (Lipinski definition) is 4. The molecule has 0 radical (unpaired) electrons. The van der Waals surface area contributed by atoms with Crippen LogP contribution >= 0.6 is 22.6 Å². The highest BCUT2D eigenvalue weighted by Gasteiger charge is 2.15. The van der Waals surface area contributed by atoms with E-state index in [1.54, 1.807) is 24.4 Å². The molecule has 21 heavy (non-hydrogen) atoms. The molecule has 104 valence electrons. The predicted octanol–water partition coefficient (Wildman–Crippen LogP) is 3.45. The molecule has 0 aliphatic rings. The lowest BCUT2D eigenvalue weighted by molar-refractivity contribution is -0.384. The smallest absolute Gasteiger partial charge is 0.258 e. The van der Waals surface area contributed by atoms with Crippen molar-refractivity contribution >= 4 is 28.3 Å². The van der Waals surface area contributed by atoms with Gasteiger partial charge in [-0.3, -0.25) is 10.1 Å². The summed E-state index contributed by atoms with van der Waals surface area (Å²) in [7, 11) is 0. The van der Waals surface area contributed by atoms with Gasteiger partial charge in [0, 0.05) is 15.2 Å². The number of nitro groups is 1. The molecular formula is C14H9IN4O2. The fourth-order valence-electron chi connectivity index (χ4n) is 1.95. The first-order valence-corrected chi connectivity index (χ1v) is 7.15. The monoisotopic (exact) mass is 392 g/mol. The second-order valence-corrected chi connectivity index (χ2v) is 5.55. The van der Waals surface area contributed by atoms with Crippen molar-refractivity contribution in [1.82, 2.24) is 15.0 Å². The van der Waals surface area contributed by atoms with Crippen LogP contribution in [0.3, 0.4) is 0 Å². The number of hydrogen-bond donors (Lipinski definition) is 0. The minimum Gasteiger partial charge on any atom is -0.258 e. The zero-order valence-electron chi connectivity index (χ0n) is 10.7. The van der Waals surface area contributed by atoms with Crippen molar-refractivity contribution in [2.24, 2.45) is 0 Å². The van der Waals surface area contributed by atoms with E-state index in [-0.39, 0.29) is 5.69 Å². The summed E-state index contributed by atoms with van der Waals surface area (Å²) in [6, 6.07) is 14.3. The molecule has 0 saturated carbocycles. The van der Waals surface area contributed by atoms with Crippen LogP contribution in [0.4, 0.5) is 5.69 Å². The van der Waals surface area contributed by atoms with Gasteiger partial charge in [0.05, 0.1) is 11.1 Å². The van der Waals surface area contributed by atoms with E-state index in [1.807, 2.05) is 24.3 Å². The molecule has 0 amide bonds. The quantitative estimate of drug-likeness (QED) is 0.389. The SMILES string of the molecule is O=[N+]([O-])c1ccccc1-n1cc(-c2ccc(I)cc2)nn1. The molecule has 0 atom stereocenters. The van der Waals surface area contributed by atoms with E-state index in [4.69, 9.17) is 0 Å². The third-order valence-electron chi connectivity index (χ3n) is 2.96. The lowest BCUT2D eigenvalue weighted by Crippen LogP contribution is -2.00. The lowest BCUT2D eigenvalue weighted by atomic mass is 10.2. The summed E-state index contributed by atoms with van der Waals surface area (Å²) in [6.07, 6.45) is 1.69. The van der Waals surface area contributed by atoms with Crippen LogP contribution in [0, 0.1) is 13.7 Å². The first-order chi connectivity index (χ1) is 10.1. The van der Waals surface area contributed by atoms with Crippen molar-refractivity contribution in [3.63, 3.8) is 0 Å². The van der Waals surface area contributed by atoms with E-state index in [9.17, 15) is 10.1 Å². The zero-order valence-corrected chi connectivity index (χ0v) is 12.8. The molecule has 3 aromatic rings. The van der Waals surface area contributed by atoms with Crippen molar-refractivity contribution in [3.05, 3.63) is 68.4 Å². The van der Waals surface area contributed by atoms with Gasteiger partial charge in [0.2, 0.25) is 0 Å². The molecule has 0 saturated heterocycles. The van der Waals surface area contributed by atoms with Crippen LogP contribution in [-0.2, 0) is 0 Å². The summed E-state index contributed by atoms with van der Waals surface area (Å²) in [5.74, 6) is 0. The number of nitrogens with zero attached hydrogens (tertiary/aromatic N) is 4. The molecule has 7 heteroatoms. The zero-order chi connectivity index (χ0) is 14.8. The van der Waals surface area contributed by atoms with E-state index in [0.29, 0.717) is 11.4 Å². The highest BCUT2D eigenvalue weighted by Crippen LogP contribution is 2.24. The molecule has 0 fully saturated rings. The number of halogens is 1. The molecule has 1 heterocycles. The Morgan fingerprint density at radius 1 is 1.10 bits per heavy atom. The van der Waals surface area contributed by atoms with Crippen molar-refractivity contribution in [2.45, 2.75) is 0 Å². The molecular weight excluding hydrogens is 383 g/mol. The average molecular weight is 392 g/mol. The maximum absolute atomic E-state index is 11.1. The molecule has 0 bridgehead atoms. The van der Waals surface area contributed by atoms with Gasteiger partial charge in [0.25, 0.3) is 5.69 Å². The van der Waals surface area contributed by atoms with Crippen molar-refractivity contribution in [2.75, 3.05) is 0 Å². The summed E-state index contributed by atoms with van der Waals surface area (Å²) >= 11 is 2.23. The third-order valence-corrected chi connectivity index (χ3v) is 3.68. The van der Waals surface area contributed by atoms with Gasteiger partial charge in [-0.2, -0.15) is 0 Å². The minimum atomic E-state index is -0.429. The Kier molecular flexibility index (Phi) is 3.65. The van der Waals surface area contributed by atoms with Crippen LogP contribution in [0.15, 0.2) is 54.7 Å². The third kappa shape index (κ3) is 2.77. The number of benzene rings is 2. The number of para-hydroxylation sites is 2. The molecule has 6 nitrogen and oxygen atoms in total. The maximum Gasteiger partial charge on any atom is 0.294 e. The minimum absolute atomic E-state index is 0.00319. The molecule has 2 aromatic carbocycles. The van der Waals surface area contributed by atoms with Gasteiger partial charge in [-0.05, 0) is 40.8 Å². The summed E-state index contributed by atoms with van der Waals surface area (Å²) in [6.45, 7) is 0. The van der Waals surface area contributed by atoms with Crippen molar-refractivity contribution < 1.29 is 4.92 Å². The van der Waals surface area contributed by atoms with Gasteiger partial charge in [-0.15, -0.1) is 5.10 Å². The second kappa shape index (κ2) is 5.60. The molecule has 0 N–H and O–H groups in total. The molecule has 0 aliphatic heterocycles. The molecule has 0 unspecified atom stereocenters. The van der Waals surface area contributed by atoms with E-state index >= 15 is 0 Å². The summed E-state index contributed by atoms with van der Waals surface area (Å²) in [5, 5.41) is 19.1. The van der Waals surface area contributed by atoms with Crippen LogP contribution in [0.25, 0.3) is 16.9 Å². The second-order valence-electron chi connectivity index (χ2n) is 4.30. The standard InChI is InChI=1S/C14H9IN4O2/c15-11-7-5-10(6-8-11)12-9-18(17-16-12)13-3-1-2-4-14(13)19(20)21/h1-9H.